The zero-order chi connectivity index (χ0) is 22.0. The first-order chi connectivity index (χ1) is 15.3. The fraction of sp³-hybridized carbons (Fsp3) is 0.682. The summed E-state index contributed by atoms with van der Waals surface area (Å²) in [6, 6.07) is 5.28. The molecule has 0 radical (unpaired) electrons. The van der Waals surface area contributed by atoms with E-state index in [1.165, 1.54) is 0 Å². The molecule has 1 aromatic carbocycles. The Bertz CT molecular complexity index is 618. The van der Waals surface area contributed by atoms with Crippen LogP contribution in [0, 0.1) is 0 Å². The number of rotatable bonds is 9. The molecular formula is C22H34ClNO7. The van der Waals surface area contributed by atoms with Gasteiger partial charge in [-0.1, -0.05) is 12.8 Å². The Morgan fingerprint density at radius 1 is 0.839 bits per heavy atom. The SMILES string of the molecule is O=C(COCCCCCCCl)Nc1ccc2c(c1)OCCOCCOCCOCCO2. The zero-order valence-corrected chi connectivity index (χ0v) is 18.8. The lowest BCUT2D eigenvalue weighted by molar-refractivity contribution is -0.120. The monoisotopic (exact) mass is 459 g/mol. The van der Waals surface area contributed by atoms with E-state index in [-0.39, 0.29) is 12.5 Å². The Kier molecular flexibility index (Phi) is 14.1. The maximum Gasteiger partial charge on any atom is 0.250 e. The number of benzene rings is 1. The molecule has 1 aliphatic rings. The smallest absolute Gasteiger partial charge is 0.250 e. The molecule has 1 amide bonds. The summed E-state index contributed by atoms with van der Waals surface area (Å²) < 4.78 is 33.4. The molecule has 176 valence electrons. The first kappa shape index (κ1) is 25.7. The number of hydrogen-bond acceptors (Lipinski definition) is 7. The van der Waals surface area contributed by atoms with Crippen LogP contribution in [-0.4, -0.2) is 77.9 Å². The van der Waals surface area contributed by atoms with Crippen molar-refractivity contribution >= 4 is 23.2 Å². The van der Waals surface area contributed by atoms with Crippen LogP contribution >= 0.6 is 11.6 Å². The highest BCUT2D eigenvalue weighted by molar-refractivity contribution is 6.17. The molecular weight excluding hydrogens is 426 g/mol. The molecule has 1 aliphatic heterocycles. The molecule has 2 rings (SSSR count). The molecule has 9 heteroatoms. The van der Waals surface area contributed by atoms with E-state index in [1.54, 1.807) is 18.2 Å². The van der Waals surface area contributed by atoms with Crippen molar-refractivity contribution in [2.75, 3.05) is 77.3 Å². The summed E-state index contributed by atoms with van der Waals surface area (Å²) in [5.74, 6) is 1.60. The maximum atomic E-state index is 12.2. The normalized spacial score (nSPS) is 16.2. The molecule has 0 saturated heterocycles. The van der Waals surface area contributed by atoms with Crippen molar-refractivity contribution in [2.24, 2.45) is 0 Å². The Morgan fingerprint density at radius 3 is 2.13 bits per heavy atom. The first-order valence-electron chi connectivity index (χ1n) is 10.9. The van der Waals surface area contributed by atoms with Gasteiger partial charge in [-0.05, 0) is 25.0 Å². The van der Waals surface area contributed by atoms with Crippen LogP contribution in [-0.2, 0) is 23.7 Å². The van der Waals surface area contributed by atoms with Crippen LogP contribution in [0.3, 0.4) is 0 Å². The quantitative estimate of drug-likeness (QED) is 0.448. The van der Waals surface area contributed by atoms with Crippen molar-refractivity contribution in [3.8, 4) is 11.5 Å². The average Bonchev–Trinajstić information content (AvgIpc) is 2.78. The van der Waals surface area contributed by atoms with Gasteiger partial charge in [0.25, 0.3) is 0 Å². The molecule has 1 aromatic rings. The first-order valence-corrected chi connectivity index (χ1v) is 11.4. The van der Waals surface area contributed by atoms with Gasteiger partial charge in [-0.3, -0.25) is 4.79 Å². The van der Waals surface area contributed by atoms with Gasteiger partial charge < -0.3 is 33.7 Å². The van der Waals surface area contributed by atoms with E-state index in [2.05, 4.69) is 5.32 Å². The second-order valence-electron chi connectivity index (χ2n) is 6.90. The Labute approximate surface area is 189 Å². The van der Waals surface area contributed by atoms with Crippen molar-refractivity contribution in [1.82, 2.24) is 0 Å². The maximum absolute atomic E-state index is 12.2. The average molecular weight is 460 g/mol. The molecule has 0 saturated carbocycles. The standard InChI is InChI=1S/C22H34ClNO7/c23-7-3-1-2-4-8-29-18-22(25)24-19-5-6-20-21(17-19)31-16-14-28-12-10-26-9-11-27-13-15-30-20/h5-6,17H,1-4,7-16,18H2,(H,24,25). The predicted molar refractivity (Wildman–Crippen MR) is 119 cm³/mol. The topological polar surface area (TPSA) is 84.5 Å². The van der Waals surface area contributed by atoms with Crippen LogP contribution < -0.4 is 14.8 Å². The molecule has 0 spiro atoms. The van der Waals surface area contributed by atoms with E-state index in [0.717, 1.165) is 25.7 Å². The second kappa shape index (κ2) is 17.0. The summed E-state index contributed by atoms with van der Waals surface area (Å²) in [5, 5.41) is 2.83. The lowest BCUT2D eigenvalue weighted by Gasteiger charge is -2.15. The van der Waals surface area contributed by atoms with Crippen molar-refractivity contribution in [3.63, 3.8) is 0 Å². The van der Waals surface area contributed by atoms with Crippen LogP contribution in [0.4, 0.5) is 5.69 Å². The van der Waals surface area contributed by atoms with Gasteiger partial charge in [0.1, 0.15) is 19.8 Å². The molecule has 1 heterocycles. The minimum Gasteiger partial charge on any atom is -0.487 e. The van der Waals surface area contributed by atoms with E-state index in [9.17, 15) is 4.79 Å². The number of amides is 1. The highest BCUT2D eigenvalue weighted by atomic mass is 35.5. The third kappa shape index (κ3) is 12.1. The number of alkyl halides is 1. The number of halogens is 1. The number of fused-ring (bicyclic) bond motifs is 1. The lowest BCUT2D eigenvalue weighted by Crippen LogP contribution is -2.19. The van der Waals surface area contributed by atoms with Crippen molar-refractivity contribution in [3.05, 3.63) is 18.2 Å². The van der Waals surface area contributed by atoms with Crippen molar-refractivity contribution < 1.29 is 33.2 Å². The summed E-state index contributed by atoms with van der Waals surface area (Å²) in [5.41, 5.74) is 0.613. The number of anilines is 1. The number of carbonyl (C=O) groups excluding carboxylic acids is 1. The fourth-order valence-corrected chi connectivity index (χ4v) is 2.98. The summed E-state index contributed by atoms with van der Waals surface area (Å²) in [6.07, 6.45) is 4.07. The number of nitrogens with one attached hydrogen (secondary N) is 1. The van der Waals surface area contributed by atoms with E-state index in [0.29, 0.717) is 82.5 Å². The number of hydrogen-bond donors (Lipinski definition) is 1. The van der Waals surface area contributed by atoms with Gasteiger partial charge in [-0.25, -0.2) is 0 Å². The summed E-state index contributed by atoms with van der Waals surface area (Å²) in [7, 11) is 0. The zero-order valence-electron chi connectivity index (χ0n) is 18.1. The highest BCUT2D eigenvalue weighted by Crippen LogP contribution is 2.30. The lowest BCUT2D eigenvalue weighted by atomic mass is 10.2. The summed E-state index contributed by atoms with van der Waals surface area (Å²) in [6.45, 7) is 4.23. The molecule has 0 fully saturated rings. The Balaban J connectivity index is 1.80. The van der Waals surface area contributed by atoms with Gasteiger partial charge in [0.15, 0.2) is 11.5 Å². The van der Waals surface area contributed by atoms with E-state index < -0.39 is 0 Å². The summed E-state index contributed by atoms with van der Waals surface area (Å²) >= 11 is 5.65. The van der Waals surface area contributed by atoms with Crippen LogP contribution in [0.1, 0.15) is 25.7 Å². The number of unbranched alkanes of at least 4 members (excludes halogenated alkanes) is 3. The molecule has 0 unspecified atom stereocenters. The van der Waals surface area contributed by atoms with Crippen LogP contribution in [0.5, 0.6) is 11.5 Å². The van der Waals surface area contributed by atoms with Crippen LogP contribution in [0.15, 0.2) is 18.2 Å². The summed E-state index contributed by atoms with van der Waals surface area (Å²) in [4.78, 5) is 12.2. The van der Waals surface area contributed by atoms with Crippen LogP contribution in [0.25, 0.3) is 0 Å². The van der Waals surface area contributed by atoms with Gasteiger partial charge in [-0.15, -0.1) is 11.6 Å². The second-order valence-corrected chi connectivity index (χ2v) is 7.28. The van der Waals surface area contributed by atoms with Gasteiger partial charge in [0.2, 0.25) is 5.91 Å². The van der Waals surface area contributed by atoms with Gasteiger partial charge in [-0.2, -0.15) is 0 Å². The van der Waals surface area contributed by atoms with Gasteiger partial charge >= 0.3 is 0 Å². The van der Waals surface area contributed by atoms with Gasteiger partial charge in [0.05, 0.1) is 39.6 Å². The fourth-order valence-electron chi connectivity index (χ4n) is 2.79. The third-order valence-electron chi connectivity index (χ3n) is 4.35. The molecule has 31 heavy (non-hydrogen) atoms. The number of ether oxygens (including phenoxy) is 6. The molecule has 0 atom stereocenters. The molecule has 0 aromatic heterocycles. The largest absolute Gasteiger partial charge is 0.487 e. The minimum absolute atomic E-state index is 0.0111. The minimum atomic E-state index is -0.212. The molecule has 0 bridgehead atoms. The third-order valence-corrected chi connectivity index (χ3v) is 4.61. The molecule has 1 N–H and O–H groups in total. The number of carbonyl (C=O) groups is 1. The van der Waals surface area contributed by atoms with Crippen molar-refractivity contribution in [1.29, 1.82) is 0 Å². The van der Waals surface area contributed by atoms with Crippen molar-refractivity contribution in [2.45, 2.75) is 25.7 Å². The Hall–Kier alpha value is -1.58. The molecule has 8 nitrogen and oxygen atoms in total. The Morgan fingerprint density at radius 2 is 1.45 bits per heavy atom. The van der Waals surface area contributed by atoms with E-state index in [4.69, 9.17) is 40.0 Å². The van der Waals surface area contributed by atoms with Crippen LogP contribution in [0.2, 0.25) is 0 Å². The van der Waals surface area contributed by atoms with E-state index >= 15 is 0 Å². The van der Waals surface area contributed by atoms with Gasteiger partial charge in [0, 0.05) is 24.2 Å². The predicted octanol–water partition coefficient (Wildman–Crippen LogP) is 3.26. The van der Waals surface area contributed by atoms with E-state index in [1.807, 2.05) is 0 Å². The molecule has 0 aliphatic carbocycles. The highest BCUT2D eigenvalue weighted by Gasteiger charge is 2.10.